The molecule has 0 bridgehead atoms. The second-order valence-corrected chi connectivity index (χ2v) is 9.01. The molecule has 2 aromatic carbocycles. The molecule has 0 aromatic heterocycles. The second kappa shape index (κ2) is 9.60. The first kappa shape index (κ1) is 21.5. The van der Waals surface area contributed by atoms with E-state index in [1.54, 1.807) is 18.2 Å². The highest BCUT2D eigenvalue weighted by Crippen LogP contribution is 2.40. The fraction of sp³-hybridized carbons (Fsp3) is 0.360. The van der Waals surface area contributed by atoms with Gasteiger partial charge in [0.15, 0.2) is 16.7 Å². The third-order valence-electron chi connectivity index (χ3n) is 5.80. The minimum absolute atomic E-state index is 0.00414. The highest BCUT2D eigenvalue weighted by Gasteiger charge is 2.41. The van der Waals surface area contributed by atoms with Gasteiger partial charge in [0.05, 0.1) is 17.2 Å². The Morgan fingerprint density at radius 2 is 1.97 bits per heavy atom. The maximum atomic E-state index is 13.5. The van der Waals surface area contributed by atoms with E-state index in [1.807, 2.05) is 48.2 Å². The van der Waals surface area contributed by atoms with Crippen LogP contribution in [0.1, 0.15) is 45.1 Å². The number of carbonyl (C=O) groups is 1. The normalized spacial score (nSPS) is 24.2. The zero-order valence-electron chi connectivity index (χ0n) is 18.0. The molecule has 0 unspecified atom stereocenters. The Morgan fingerprint density at radius 3 is 2.71 bits per heavy atom. The SMILES string of the molecule is CCOc1cc(/C=C2\SC(=Nc3ccccc3)N([C@H]3CCCC[C@H]3C)C2=O)ccc1O. The van der Waals surface area contributed by atoms with Gasteiger partial charge in [0.2, 0.25) is 0 Å². The van der Waals surface area contributed by atoms with E-state index in [0.29, 0.717) is 23.2 Å². The van der Waals surface area contributed by atoms with Crippen LogP contribution in [0.2, 0.25) is 0 Å². The minimum atomic E-state index is 0.00414. The van der Waals surface area contributed by atoms with Crippen LogP contribution in [0.5, 0.6) is 11.5 Å². The number of rotatable bonds is 5. The van der Waals surface area contributed by atoms with Gasteiger partial charge in [-0.25, -0.2) is 4.99 Å². The van der Waals surface area contributed by atoms with Crippen molar-refractivity contribution >= 4 is 34.6 Å². The number of ether oxygens (including phenoxy) is 1. The van der Waals surface area contributed by atoms with Gasteiger partial charge >= 0.3 is 0 Å². The van der Waals surface area contributed by atoms with E-state index in [9.17, 15) is 9.90 Å². The zero-order valence-corrected chi connectivity index (χ0v) is 18.8. The van der Waals surface area contributed by atoms with Gasteiger partial charge in [-0.05, 0) is 73.4 Å². The Hall–Kier alpha value is -2.73. The van der Waals surface area contributed by atoms with Gasteiger partial charge in [-0.15, -0.1) is 0 Å². The number of phenols is 1. The third-order valence-corrected chi connectivity index (χ3v) is 6.78. The molecular weight excluding hydrogens is 408 g/mol. The van der Waals surface area contributed by atoms with Crippen molar-refractivity contribution in [2.24, 2.45) is 10.9 Å². The topological polar surface area (TPSA) is 62.1 Å². The van der Waals surface area contributed by atoms with Crippen LogP contribution < -0.4 is 4.74 Å². The van der Waals surface area contributed by atoms with Crippen LogP contribution in [-0.4, -0.2) is 33.7 Å². The number of aliphatic imine (C=N–C) groups is 1. The number of amidine groups is 1. The van der Waals surface area contributed by atoms with Crippen LogP contribution in [0.15, 0.2) is 58.4 Å². The van der Waals surface area contributed by atoms with Gasteiger partial charge < -0.3 is 9.84 Å². The lowest BCUT2D eigenvalue weighted by Gasteiger charge is -2.35. The summed E-state index contributed by atoms with van der Waals surface area (Å²) < 4.78 is 5.49. The predicted molar refractivity (Wildman–Crippen MR) is 127 cm³/mol. The Bertz CT molecular complexity index is 1000. The summed E-state index contributed by atoms with van der Waals surface area (Å²) in [5, 5.41) is 10.7. The molecular formula is C25H28N2O3S. The van der Waals surface area contributed by atoms with Crippen molar-refractivity contribution in [1.29, 1.82) is 0 Å². The van der Waals surface area contributed by atoms with Crippen LogP contribution in [0, 0.1) is 5.92 Å². The fourth-order valence-electron chi connectivity index (χ4n) is 4.19. The molecule has 2 atom stereocenters. The number of aromatic hydroxyl groups is 1. The van der Waals surface area contributed by atoms with E-state index in [4.69, 9.17) is 9.73 Å². The van der Waals surface area contributed by atoms with Gasteiger partial charge in [-0.3, -0.25) is 9.69 Å². The van der Waals surface area contributed by atoms with Gasteiger partial charge in [-0.1, -0.05) is 44.0 Å². The van der Waals surface area contributed by atoms with Crippen LogP contribution in [0.4, 0.5) is 5.69 Å². The van der Waals surface area contributed by atoms with E-state index in [1.165, 1.54) is 18.2 Å². The van der Waals surface area contributed by atoms with Crippen molar-refractivity contribution in [1.82, 2.24) is 4.90 Å². The lowest BCUT2D eigenvalue weighted by Crippen LogP contribution is -2.44. The van der Waals surface area contributed by atoms with Crippen molar-refractivity contribution in [3.05, 3.63) is 59.0 Å². The molecule has 1 N–H and O–H groups in total. The summed E-state index contributed by atoms with van der Waals surface area (Å²) >= 11 is 1.42. The highest BCUT2D eigenvalue weighted by atomic mass is 32.2. The van der Waals surface area contributed by atoms with E-state index in [-0.39, 0.29) is 17.7 Å². The lowest BCUT2D eigenvalue weighted by molar-refractivity contribution is -0.124. The lowest BCUT2D eigenvalue weighted by atomic mass is 9.85. The number of benzene rings is 2. The number of amides is 1. The molecule has 1 heterocycles. The van der Waals surface area contributed by atoms with E-state index >= 15 is 0 Å². The first-order chi connectivity index (χ1) is 15.1. The predicted octanol–water partition coefficient (Wildman–Crippen LogP) is 5.97. The molecule has 162 valence electrons. The molecule has 1 amide bonds. The molecule has 1 aliphatic carbocycles. The number of thioether (sulfide) groups is 1. The monoisotopic (exact) mass is 436 g/mol. The molecule has 1 saturated heterocycles. The Morgan fingerprint density at radius 1 is 1.19 bits per heavy atom. The highest BCUT2D eigenvalue weighted by molar-refractivity contribution is 8.18. The molecule has 0 radical (unpaired) electrons. The summed E-state index contributed by atoms with van der Waals surface area (Å²) in [7, 11) is 0. The maximum Gasteiger partial charge on any atom is 0.267 e. The number of nitrogens with zero attached hydrogens (tertiary/aromatic N) is 2. The molecule has 0 spiro atoms. The summed E-state index contributed by atoms with van der Waals surface area (Å²) in [6.45, 7) is 4.57. The van der Waals surface area contributed by atoms with E-state index in [2.05, 4.69) is 6.92 Å². The number of carbonyl (C=O) groups excluding carboxylic acids is 1. The molecule has 2 fully saturated rings. The van der Waals surface area contributed by atoms with Crippen molar-refractivity contribution in [3.63, 3.8) is 0 Å². The van der Waals surface area contributed by atoms with Crippen LogP contribution in [0.25, 0.3) is 6.08 Å². The first-order valence-electron chi connectivity index (χ1n) is 10.9. The smallest absolute Gasteiger partial charge is 0.267 e. The number of phenolic OH excluding ortho intramolecular Hbond substituents is 1. The molecule has 4 rings (SSSR count). The van der Waals surface area contributed by atoms with Crippen molar-refractivity contribution in [2.75, 3.05) is 6.61 Å². The average molecular weight is 437 g/mol. The maximum absolute atomic E-state index is 13.5. The van der Waals surface area contributed by atoms with Crippen molar-refractivity contribution in [3.8, 4) is 11.5 Å². The average Bonchev–Trinajstić information content (AvgIpc) is 3.06. The van der Waals surface area contributed by atoms with Crippen molar-refractivity contribution < 1.29 is 14.6 Å². The van der Waals surface area contributed by atoms with Gasteiger partial charge in [0.1, 0.15) is 0 Å². The molecule has 6 heteroatoms. The summed E-state index contributed by atoms with van der Waals surface area (Å²) in [5.74, 6) is 0.961. The van der Waals surface area contributed by atoms with E-state index in [0.717, 1.165) is 35.7 Å². The number of hydrogen-bond donors (Lipinski definition) is 1. The summed E-state index contributed by atoms with van der Waals surface area (Å²) in [4.78, 5) is 20.9. The summed E-state index contributed by atoms with van der Waals surface area (Å²) in [6.07, 6.45) is 6.35. The Balaban J connectivity index is 1.70. The Labute approximate surface area is 187 Å². The zero-order chi connectivity index (χ0) is 21.8. The van der Waals surface area contributed by atoms with Gasteiger partial charge in [0, 0.05) is 6.04 Å². The third kappa shape index (κ3) is 4.79. The standard InChI is InChI=1S/C25H28N2O3S/c1-3-30-22-15-18(13-14-21(22)28)16-23-24(29)27(20-12-8-7-9-17(20)2)25(31-23)26-19-10-5-4-6-11-19/h4-6,10-11,13-17,20,28H,3,7-9,12H2,1-2H3/b23-16-,26-25?/t17-,20+/m1/s1. The van der Waals surface area contributed by atoms with E-state index < -0.39 is 0 Å². The summed E-state index contributed by atoms with van der Waals surface area (Å²) in [6, 6.07) is 15.1. The minimum Gasteiger partial charge on any atom is -0.504 e. The molecule has 2 aliphatic rings. The van der Waals surface area contributed by atoms with Crippen molar-refractivity contribution in [2.45, 2.75) is 45.6 Å². The second-order valence-electron chi connectivity index (χ2n) is 8.00. The van der Waals surface area contributed by atoms with Crippen LogP contribution >= 0.6 is 11.8 Å². The first-order valence-corrected chi connectivity index (χ1v) is 11.7. The van der Waals surface area contributed by atoms with Gasteiger partial charge in [0.25, 0.3) is 5.91 Å². The largest absolute Gasteiger partial charge is 0.504 e. The van der Waals surface area contributed by atoms with Gasteiger partial charge in [-0.2, -0.15) is 0 Å². The molecule has 1 aliphatic heterocycles. The van der Waals surface area contributed by atoms with Crippen LogP contribution in [-0.2, 0) is 4.79 Å². The number of hydrogen-bond acceptors (Lipinski definition) is 5. The fourth-order valence-corrected chi connectivity index (χ4v) is 5.24. The summed E-state index contributed by atoms with van der Waals surface area (Å²) in [5.41, 5.74) is 1.66. The Kier molecular flexibility index (Phi) is 6.66. The molecule has 2 aromatic rings. The molecule has 5 nitrogen and oxygen atoms in total. The quantitative estimate of drug-likeness (QED) is 0.586. The molecule has 1 saturated carbocycles. The molecule has 31 heavy (non-hydrogen) atoms. The van der Waals surface area contributed by atoms with Crippen LogP contribution in [0.3, 0.4) is 0 Å². The number of para-hydroxylation sites is 1.